The summed E-state index contributed by atoms with van der Waals surface area (Å²) in [5.74, 6) is 0.208. The van der Waals surface area contributed by atoms with Gasteiger partial charge in [0.05, 0.1) is 18.5 Å². The Hall–Kier alpha value is -3.11. The maximum atomic E-state index is 12.7. The molecule has 0 saturated carbocycles. The summed E-state index contributed by atoms with van der Waals surface area (Å²) < 4.78 is 77.0. The third kappa shape index (κ3) is 4.33. The summed E-state index contributed by atoms with van der Waals surface area (Å²) in [4.78, 5) is 18.8. The van der Waals surface area contributed by atoms with Gasteiger partial charge in [-0.25, -0.2) is 4.98 Å². The fraction of sp³-hybridized carbons (Fsp3) is 0.278. The smallest absolute Gasteiger partial charge is 0.309 e. The van der Waals surface area contributed by atoms with Crippen LogP contribution in [-0.2, 0) is 12.7 Å². The van der Waals surface area contributed by atoms with Gasteiger partial charge in [-0.2, -0.15) is 31.4 Å². The Balaban J connectivity index is 2.09. The highest BCUT2D eigenvalue weighted by Gasteiger charge is 2.31. The van der Waals surface area contributed by atoms with E-state index in [2.05, 4.69) is 21.6 Å². The monoisotopic (exact) mass is 416 g/mol. The topological polar surface area (TPSA) is 63.6 Å². The molecule has 0 atom stereocenters. The molecule has 5 nitrogen and oxygen atoms in total. The Morgan fingerprint density at radius 3 is 2.31 bits per heavy atom. The van der Waals surface area contributed by atoms with Gasteiger partial charge in [0, 0.05) is 5.57 Å². The van der Waals surface area contributed by atoms with Gasteiger partial charge in [-0.15, -0.1) is 0 Å². The van der Waals surface area contributed by atoms with Crippen molar-refractivity contribution in [3.8, 4) is 0 Å². The first-order valence-electron chi connectivity index (χ1n) is 8.28. The second-order valence-electron chi connectivity index (χ2n) is 6.34. The lowest BCUT2D eigenvalue weighted by atomic mass is 10.0. The van der Waals surface area contributed by atoms with Gasteiger partial charge >= 0.3 is 12.4 Å². The molecule has 1 aromatic carbocycles. The van der Waals surface area contributed by atoms with Crippen molar-refractivity contribution < 1.29 is 26.3 Å². The maximum Gasteiger partial charge on any atom is 0.416 e. The van der Waals surface area contributed by atoms with Crippen molar-refractivity contribution in [1.82, 2.24) is 19.7 Å². The third-order valence-corrected chi connectivity index (χ3v) is 4.17. The van der Waals surface area contributed by atoms with Crippen LogP contribution >= 0.6 is 0 Å². The minimum Gasteiger partial charge on any atom is -0.309 e. The predicted octanol–water partition coefficient (Wildman–Crippen LogP) is 4.46. The van der Waals surface area contributed by atoms with E-state index in [0.717, 1.165) is 16.8 Å². The fourth-order valence-corrected chi connectivity index (χ4v) is 2.80. The lowest BCUT2D eigenvalue weighted by molar-refractivity contribution is -0.138. The number of benzene rings is 1. The first-order chi connectivity index (χ1) is 13.4. The minimum absolute atomic E-state index is 0.0242. The number of aryl methyl sites for hydroxylation is 2. The molecule has 29 heavy (non-hydrogen) atoms. The average molecular weight is 416 g/mol. The van der Waals surface area contributed by atoms with Crippen LogP contribution < -0.4 is 5.56 Å². The number of hydrogen-bond donors (Lipinski definition) is 1. The number of hydrogen-bond acceptors (Lipinski definition) is 3. The summed E-state index contributed by atoms with van der Waals surface area (Å²) in [6, 6.07) is 4.06. The van der Waals surface area contributed by atoms with E-state index in [1.54, 1.807) is 0 Å². The van der Waals surface area contributed by atoms with Crippen LogP contribution in [0, 0.1) is 6.92 Å². The highest BCUT2D eigenvalue weighted by molar-refractivity contribution is 5.91. The van der Waals surface area contributed by atoms with Crippen LogP contribution in [0.25, 0.3) is 16.6 Å². The standard InChI is InChI=1S/C18H14F6N4O/c1-9(11-3-5-12(6-4-11)18(22,23)24)13-14-15(16(29)26-10(2)25-14)28(27-13)8-7-17(19,20)21/h3-6H,1,7-8H2,2H3,(H,25,26,29). The second kappa shape index (κ2) is 7.05. The molecule has 0 unspecified atom stereocenters. The van der Waals surface area contributed by atoms with Crippen molar-refractivity contribution in [2.45, 2.75) is 32.2 Å². The molecule has 3 rings (SSSR count). The van der Waals surface area contributed by atoms with Gasteiger partial charge in [0.25, 0.3) is 5.56 Å². The molecule has 0 amide bonds. The molecular weight excluding hydrogens is 402 g/mol. The van der Waals surface area contributed by atoms with E-state index in [1.807, 2.05) is 0 Å². The van der Waals surface area contributed by atoms with Crippen LogP contribution in [0.1, 0.15) is 29.1 Å². The SMILES string of the molecule is C=C(c1ccc(C(F)(F)F)cc1)c1nn(CCC(F)(F)F)c2c(=O)[nH]c(C)nc12. The number of aromatic nitrogens is 4. The highest BCUT2D eigenvalue weighted by atomic mass is 19.4. The number of nitrogens with zero attached hydrogens (tertiary/aromatic N) is 3. The molecule has 0 bridgehead atoms. The molecular formula is C18H14F6N4O. The van der Waals surface area contributed by atoms with Crippen LogP contribution in [-0.4, -0.2) is 25.9 Å². The van der Waals surface area contributed by atoms with Gasteiger partial charge in [0.1, 0.15) is 17.0 Å². The summed E-state index contributed by atoms with van der Waals surface area (Å²) in [7, 11) is 0. The summed E-state index contributed by atoms with van der Waals surface area (Å²) in [5, 5.41) is 4.05. The molecule has 0 aliphatic carbocycles. The number of alkyl halides is 6. The van der Waals surface area contributed by atoms with E-state index in [1.165, 1.54) is 19.1 Å². The number of H-pyrrole nitrogens is 1. The van der Waals surface area contributed by atoms with Crippen LogP contribution in [0.3, 0.4) is 0 Å². The lowest BCUT2D eigenvalue weighted by Crippen LogP contribution is -2.17. The number of rotatable bonds is 4. The molecule has 11 heteroatoms. The van der Waals surface area contributed by atoms with Crippen molar-refractivity contribution in [3.05, 3.63) is 63.8 Å². The first-order valence-corrected chi connectivity index (χ1v) is 8.28. The Kier molecular flexibility index (Phi) is 5.01. The third-order valence-electron chi connectivity index (χ3n) is 4.17. The van der Waals surface area contributed by atoms with Gasteiger partial charge in [0.15, 0.2) is 5.52 Å². The quantitative estimate of drug-likeness (QED) is 0.639. The molecule has 3 aromatic rings. The Morgan fingerprint density at radius 1 is 1.14 bits per heavy atom. The zero-order valence-corrected chi connectivity index (χ0v) is 14.9. The largest absolute Gasteiger partial charge is 0.416 e. The predicted molar refractivity (Wildman–Crippen MR) is 93.1 cm³/mol. The number of nitrogens with one attached hydrogen (secondary N) is 1. The van der Waals surface area contributed by atoms with Gasteiger partial charge in [0.2, 0.25) is 0 Å². The van der Waals surface area contributed by atoms with E-state index in [0.29, 0.717) is 0 Å². The Labute approximate surface area is 159 Å². The van der Waals surface area contributed by atoms with E-state index in [4.69, 9.17) is 0 Å². The zero-order valence-electron chi connectivity index (χ0n) is 14.9. The Morgan fingerprint density at radius 2 is 1.76 bits per heavy atom. The zero-order chi connectivity index (χ0) is 21.6. The van der Waals surface area contributed by atoms with E-state index < -0.39 is 36.4 Å². The molecule has 0 fully saturated rings. The minimum atomic E-state index is -4.52. The molecule has 0 radical (unpaired) electrons. The fourth-order valence-electron chi connectivity index (χ4n) is 2.80. The molecule has 154 valence electrons. The summed E-state index contributed by atoms with van der Waals surface area (Å²) in [6.07, 6.45) is -10.2. The summed E-state index contributed by atoms with van der Waals surface area (Å²) >= 11 is 0. The van der Waals surface area contributed by atoms with Crippen molar-refractivity contribution in [2.75, 3.05) is 0 Å². The summed E-state index contributed by atoms with van der Waals surface area (Å²) in [6.45, 7) is 4.65. The normalized spacial score (nSPS) is 12.5. The Bertz CT molecular complexity index is 1120. The van der Waals surface area contributed by atoms with E-state index >= 15 is 0 Å². The van der Waals surface area contributed by atoms with Crippen molar-refractivity contribution >= 4 is 16.6 Å². The van der Waals surface area contributed by atoms with Crippen molar-refractivity contribution in [1.29, 1.82) is 0 Å². The van der Waals surface area contributed by atoms with Gasteiger partial charge in [-0.05, 0) is 24.6 Å². The molecule has 0 aliphatic heterocycles. The van der Waals surface area contributed by atoms with Crippen LogP contribution in [0.5, 0.6) is 0 Å². The number of aromatic amines is 1. The summed E-state index contributed by atoms with van der Waals surface area (Å²) in [5.41, 5.74) is -1.25. The van der Waals surface area contributed by atoms with Crippen LogP contribution in [0.2, 0.25) is 0 Å². The van der Waals surface area contributed by atoms with Crippen LogP contribution in [0.4, 0.5) is 26.3 Å². The maximum absolute atomic E-state index is 12.7. The molecule has 0 spiro atoms. The second-order valence-corrected chi connectivity index (χ2v) is 6.34. The van der Waals surface area contributed by atoms with Gasteiger partial charge < -0.3 is 4.98 Å². The van der Waals surface area contributed by atoms with Crippen LogP contribution in [0.15, 0.2) is 35.6 Å². The molecule has 0 aliphatic rings. The van der Waals surface area contributed by atoms with Crippen molar-refractivity contribution in [3.63, 3.8) is 0 Å². The number of fused-ring (bicyclic) bond motifs is 1. The highest BCUT2D eigenvalue weighted by Crippen LogP contribution is 2.32. The lowest BCUT2D eigenvalue weighted by Gasteiger charge is -2.08. The van der Waals surface area contributed by atoms with E-state index in [9.17, 15) is 31.1 Å². The number of halogens is 6. The first kappa shape index (κ1) is 20.6. The molecule has 2 heterocycles. The molecule has 1 N–H and O–H groups in total. The average Bonchev–Trinajstić information content (AvgIpc) is 2.97. The molecule has 2 aromatic heterocycles. The van der Waals surface area contributed by atoms with E-state index in [-0.39, 0.29) is 33.7 Å². The van der Waals surface area contributed by atoms with Gasteiger partial charge in [-0.3, -0.25) is 9.48 Å². The molecule has 0 saturated heterocycles. The van der Waals surface area contributed by atoms with Crippen molar-refractivity contribution in [2.24, 2.45) is 0 Å². The van der Waals surface area contributed by atoms with Gasteiger partial charge in [-0.1, -0.05) is 18.7 Å².